The Morgan fingerprint density at radius 1 is 0.650 bits per heavy atom. The molecular formula is C18H34O2. The van der Waals surface area contributed by atoms with Crippen molar-refractivity contribution in [2.24, 2.45) is 23.7 Å². The van der Waals surface area contributed by atoms with Gasteiger partial charge in [-0.25, -0.2) is 9.78 Å². The second-order valence-electron chi connectivity index (χ2n) is 7.32. The Bertz CT molecular complexity index is 216. The average molecular weight is 282 g/mol. The predicted molar refractivity (Wildman–Crippen MR) is 83.4 cm³/mol. The maximum absolute atomic E-state index is 5.51. The van der Waals surface area contributed by atoms with Gasteiger partial charge in [-0.2, -0.15) is 0 Å². The molecule has 0 bridgehead atoms. The van der Waals surface area contributed by atoms with Crippen LogP contribution < -0.4 is 0 Å². The second kappa shape index (κ2) is 9.04. The summed E-state index contributed by atoms with van der Waals surface area (Å²) in [7, 11) is 0. The van der Waals surface area contributed by atoms with Gasteiger partial charge in [-0.3, -0.25) is 0 Å². The highest BCUT2D eigenvalue weighted by atomic mass is 17.2. The first-order valence-corrected chi connectivity index (χ1v) is 9.01. The Morgan fingerprint density at radius 3 is 1.35 bits per heavy atom. The van der Waals surface area contributed by atoms with Crippen LogP contribution in [0, 0.1) is 23.7 Å². The second-order valence-corrected chi connectivity index (χ2v) is 7.32. The van der Waals surface area contributed by atoms with Crippen LogP contribution in [0.3, 0.4) is 0 Å². The molecule has 0 saturated heterocycles. The van der Waals surface area contributed by atoms with Crippen LogP contribution in [0.1, 0.15) is 78.1 Å². The molecule has 2 nitrogen and oxygen atoms in total. The molecule has 0 heterocycles. The first-order valence-electron chi connectivity index (χ1n) is 9.01. The maximum atomic E-state index is 5.51. The van der Waals surface area contributed by atoms with Crippen LogP contribution in [0.25, 0.3) is 0 Å². The molecule has 0 aromatic carbocycles. The lowest BCUT2D eigenvalue weighted by atomic mass is 9.81. The molecule has 0 aromatic rings. The van der Waals surface area contributed by atoms with E-state index in [1.807, 2.05) is 0 Å². The van der Waals surface area contributed by atoms with Crippen LogP contribution in [-0.2, 0) is 9.78 Å². The van der Waals surface area contributed by atoms with E-state index in [2.05, 4.69) is 13.8 Å². The summed E-state index contributed by atoms with van der Waals surface area (Å²) >= 11 is 0. The zero-order chi connectivity index (χ0) is 14.2. The van der Waals surface area contributed by atoms with E-state index in [-0.39, 0.29) is 0 Å². The van der Waals surface area contributed by atoms with Crippen LogP contribution >= 0.6 is 0 Å². The summed E-state index contributed by atoms with van der Waals surface area (Å²) in [6, 6.07) is 0. The van der Waals surface area contributed by atoms with Gasteiger partial charge in [-0.15, -0.1) is 0 Å². The molecule has 2 heteroatoms. The van der Waals surface area contributed by atoms with Crippen molar-refractivity contribution >= 4 is 0 Å². The predicted octanol–water partition coefficient (Wildman–Crippen LogP) is 5.37. The SMILES string of the molecule is CC(COOCC(C)C1CCCCC1)C1CCCCC1. The molecule has 2 fully saturated rings. The maximum Gasteiger partial charge on any atom is 0.0850 e. The quantitative estimate of drug-likeness (QED) is 0.355. The molecule has 118 valence electrons. The summed E-state index contributed by atoms with van der Waals surface area (Å²) in [5.41, 5.74) is 0. The first kappa shape index (κ1) is 16.3. The lowest BCUT2D eigenvalue weighted by Gasteiger charge is -2.28. The van der Waals surface area contributed by atoms with Crippen molar-refractivity contribution in [2.45, 2.75) is 78.1 Å². The van der Waals surface area contributed by atoms with Gasteiger partial charge in [-0.05, 0) is 23.7 Å². The minimum absolute atomic E-state index is 0.653. The third-order valence-electron chi connectivity index (χ3n) is 5.65. The molecule has 0 radical (unpaired) electrons. The summed E-state index contributed by atoms with van der Waals surface area (Å²) < 4.78 is 0. The van der Waals surface area contributed by atoms with Crippen molar-refractivity contribution in [3.63, 3.8) is 0 Å². The molecule has 0 spiro atoms. The standard InChI is InChI=1S/C18H34O2/c1-15(17-9-5-3-6-10-17)13-19-20-14-16(2)18-11-7-4-8-12-18/h15-18H,3-14H2,1-2H3. The molecule has 2 unspecified atom stereocenters. The van der Waals surface area contributed by atoms with E-state index in [4.69, 9.17) is 9.78 Å². The summed E-state index contributed by atoms with van der Waals surface area (Å²) in [5.74, 6) is 3.03. The third kappa shape index (κ3) is 5.37. The molecule has 20 heavy (non-hydrogen) atoms. The normalized spacial score (nSPS) is 25.5. The summed E-state index contributed by atoms with van der Waals surface area (Å²) in [5, 5.41) is 0. The molecule has 2 saturated carbocycles. The molecule has 0 aliphatic heterocycles. The monoisotopic (exact) mass is 282 g/mol. The third-order valence-corrected chi connectivity index (χ3v) is 5.65. The van der Waals surface area contributed by atoms with Crippen LogP contribution in [0.5, 0.6) is 0 Å². The fourth-order valence-corrected chi connectivity index (χ4v) is 3.99. The van der Waals surface area contributed by atoms with Crippen molar-refractivity contribution in [3.8, 4) is 0 Å². The van der Waals surface area contributed by atoms with E-state index < -0.39 is 0 Å². The summed E-state index contributed by atoms with van der Waals surface area (Å²) in [6.45, 7) is 6.21. The minimum atomic E-state index is 0.653. The van der Waals surface area contributed by atoms with Crippen LogP contribution in [0.15, 0.2) is 0 Å². The lowest BCUT2D eigenvalue weighted by molar-refractivity contribution is -0.310. The van der Waals surface area contributed by atoms with E-state index in [0.717, 1.165) is 25.0 Å². The van der Waals surface area contributed by atoms with Crippen LogP contribution in [-0.4, -0.2) is 13.2 Å². The molecule has 2 rings (SSSR count). The molecule has 2 aliphatic rings. The minimum Gasteiger partial charge on any atom is -0.236 e. The van der Waals surface area contributed by atoms with Crippen molar-refractivity contribution in [2.75, 3.05) is 13.2 Å². The molecule has 0 amide bonds. The Balaban J connectivity index is 1.53. The van der Waals surface area contributed by atoms with Crippen LogP contribution in [0.4, 0.5) is 0 Å². The van der Waals surface area contributed by atoms with Gasteiger partial charge in [0.15, 0.2) is 0 Å². The number of rotatable bonds is 7. The van der Waals surface area contributed by atoms with Crippen LogP contribution in [0.2, 0.25) is 0 Å². The summed E-state index contributed by atoms with van der Waals surface area (Å²) in [6.07, 6.45) is 14.1. The first-order chi connectivity index (χ1) is 9.77. The largest absolute Gasteiger partial charge is 0.236 e. The van der Waals surface area contributed by atoms with E-state index in [9.17, 15) is 0 Å². The molecular weight excluding hydrogens is 248 g/mol. The highest BCUT2D eigenvalue weighted by Crippen LogP contribution is 2.31. The molecule has 0 N–H and O–H groups in total. The lowest BCUT2D eigenvalue weighted by Crippen LogP contribution is -2.23. The fraction of sp³-hybridized carbons (Fsp3) is 1.00. The van der Waals surface area contributed by atoms with E-state index in [1.165, 1.54) is 64.2 Å². The van der Waals surface area contributed by atoms with Gasteiger partial charge in [-0.1, -0.05) is 78.1 Å². The zero-order valence-corrected chi connectivity index (χ0v) is 13.6. The molecule has 2 aliphatic carbocycles. The van der Waals surface area contributed by atoms with Gasteiger partial charge in [0, 0.05) is 0 Å². The van der Waals surface area contributed by atoms with Gasteiger partial charge in [0.25, 0.3) is 0 Å². The number of hydrogen-bond acceptors (Lipinski definition) is 2. The smallest absolute Gasteiger partial charge is 0.0850 e. The average Bonchev–Trinajstić information content (AvgIpc) is 2.53. The van der Waals surface area contributed by atoms with Crippen molar-refractivity contribution in [1.29, 1.82) is 0 Å². The van der Waals surface area contributed by atoms with Gasteiger partial charge in [0.2, 0.25) is 0 Å². The van der Waals surface area contributed by atoms with Gasteiger partial charge in [0.1, 0.15) is 0 Å². The molecule has 2 atom stereocenters. The highest BCUT2D eigenvalue weighted by Gasteiger charge is 2.22. The molecule has 0 aromatic heterocycles. The van der Waals surface area contributed by atoms with Crippen molar-refractivity contribution < 1.29 is 9.78 Å². The number of hydrogen-bond donors (Lipinski definition) is 0. The fourth-order valence-electron chi connectivity index (χ4n) is 3.99. The van der Waals surface area contributed by atoms with E-state index >= 15 is 0 Å². The van der Waals surface area contributed by atoms with Gasteiger partial charge < -0.3 is 0 Å². The van der Waals surface area contributed by atoms with Crippen molar-refractivity contribution in [3.05, 3.63) is 0 Å². The van der Waals surface area contributed by atoms with E-state index in [1.54, 1.807) is 0 Å². The Hall–Kier alpha value is -0.0800. The van der Waals surface area contributed by atoms with Crippen molar-refractivity contribution in [1.82, 2.24) is 0 Å². The highest BCUT2D eigenvalue weighted by molar-refractivity contribution is 4.71. The topological polar surface area (TPSA) is 18.5 Å². The Morgan fingerprint density at radius 2 is 1.00 bits per heavy atom. The Labute approximate surface area is 125 Å². The van der Waals surface area contributed by atoms with Gasteiger partial charge >= 0.3 is 0 Å². The van der Waals surface area contributed by atoms with Gasteiger partial charge in [0.05, 0.1) is 13.2 Å². The zero-order valence-electron chi connectivity index (χ0n) is 13.6. The Kier molecular flexibility index (Phi) is 7.37. The van der Waals surface area contributed by atoms with E-state index in [0.29, 0.717) is 11.8 Å². The summed E-state index contributed by atoms with van der Waals surface area (Å²) in [4.78, 5) is 11.0.